The zero-order valence-electron chi connectivity index (χ0n) is 11.4. The van der Waals surface area contributed by atoms with E-state index in [1.807, 2.05) is 12.3 Å². The number of piperidine rings is 1. The second-order valence-corrected chi connectivity index (χ2v) is 5.77. The van der Waals surface area contributed by atoms with Gasteiger partial charge in [-0.15, -0.1) is 0 Å². The largest absolute Gasteiger partial charge is 0.363 e. The van der Waals surface area contributed by atoms with Crippen LogP contribution in [-0.4, -0.2) is 35.4 Å². The van der Waals surface area contributed by atoms with Gasteiger partial charge in [0.25, 0.3) is 0 Å². The first-order valence-electron chi connectivity index (χ1n) is 7.48. The third-order valence-corrected chi connectivity index (χ3v) is 4.48. The van der Waals surface area contributed by atoms with Gasteiger partial charge in [0.15, 0.2) is 0 Å². The number of hydrogen-bond donors (Lipinski definition) is 2. The van der Waals surface area contributed by atoms with Gasteiger partial charge in [-0.2, -0.15) is 0 Å². The summed E-state index contributed by atoms with van der Waals surface area (Å²) in [5, 5.41) is 3.36. The highest BCUT2D eigenvalue weighted by molar-refractivity contribution is 5.77. The number of carbonyl (C=O) groups is 1. The Labute approximate surface area is 114 Å². The molecule has 0 spiro atoms. The molecule has 4 nitrogen and oxygen atoms in total. The van der Waals surface area contributed by atoms with Crippen molar-refractivity contribution in [3.63, 3.8) is 0 Å². The van der Waals surface area contributed by atoms with E-state index in [1.165, 1.54) is 5.69 Å². The minimum absolute atomic E-state index is 0.282. The Morgan fingerprint density at radius 2 is 2.16 bits per heavy atom. The molecule has 1 aromatic rings. The Balaban J connectivity index is 1.62. The maximum atomic E-state index is 12.5. The van der Waals surface area contributed by atoms with Gasteiger partial charge in [0.2, 0.25) is 5.91 Å². The van der Waals surface area contributed by atoms with Crippen LogP contribution in [0, 0.1) is 5.92 Å². The third kappa shape index (κ3) is 2.84. The molecule has 4 heteroatoms. The number of carbonyl (C=O) groups excluding carboxylic acids is 1. The normalized spacial score (nSPS) is 24.8. The number of H-pyrrole nitrogens is 1. The van der Waals surface area contributed by atoms with Crippen LogP contribution < -0.4 is 5.32 Å². The lowest BCUT2D eigenvalue weighted by atomic mass is 9.94. The lowest BCUT2D eigenvalue weighted by Crippen LogP contribution is -2.35. The molecule has 0 aromatic carbocycles. The summed E-state index contributed by atoms with van der Waals surface area (Å²) < 4.78 is 0. The van der Waals surface area contributed by atoms with Crippen molar-refractivity contribution in [1.29, 1.82) is 0 Å². The monoisotopic (exact) mass is 261 g/mol. The van der Waals surface area contributed by atoms with Gasteiger partial charge in [-0.1, -0.05) is 0 Å². The summed E-state index contributed by atoms with van der Waals surface area (Å²) in [5.74, 6) is 0.933. The van der Waals surface area contributed by atoms with Crippen LogP contribution in [0.15, 0.2) is 18.3 Å². The van der Waals surface area contributed by atoms with Gasteiger partial charge >= 0.3 is 0 Å². The molecule has 19 heavy (non-hydrogen) atoms. The highest BCUT2D eigenvalue weighted by atomic mass is 16.2. The molecule has 0 saturated carbocycles. The fourth-order valence-electron chi connectivity index (χ4n) is 3.39. The lowest BCUT2D eigenvalue weighted by molar-refractivity contribution is -0.133. The molecule has 2 aliphatic heterocycles. The second kappa shape index (κ2) is 5.78. The second-order valence-electron chi connectivity index (χ2n) is 5.77. The van der Waals surface area contributed by atoms with Crippen LogP contribution >= 0.6 is 0 Å². The van der Waals surface area contributed by atoms with E-state index >= 15 is 0 Å². The molecule has 3 rings (SSSR count). The average Bonchev–Trinajstić information content (AvgIpc) is 3.10. The Morgan fingerprint density at radius 1 is 1.32 bits per heavy atom. The SMILES string of the molecule is O=C(CC1CCNCC1)N1CCCC1c1ccc[nH]1. The fraction of sp³-hybridized carbons (Fsp3) is 0.667. The average molecular weight is 261 g/mol. The Bertz CT molecular complexity index is 409. The van der Waals surface area contributed by atoms with E-state index in [9.17, 15) is 4.79 Å². The van der Waals surface area contributed by atoms with Crippen LogP contribution in [0.5, 0.6) is 0 Å². The Kier molecular flexibility index (Phi) is 3.87. The molecular weight excluding hydrogens is 238 g/mol. The number of nitrogens with zero attached hydrogens (tertiary/aromatic N) is 1. The van der Waals surface area contributed by atoms with Crippen LogP contribution in [-0.2, 0) is 4.79 Å². The first kappa shape index (κ1) is 12.7. The predicted molar refractivity (Wildman–Crippen MR) is 74.7 cm³/mol. The van der Waals surface area contributed by atoms with Crippen LogP contribution in [0.4, 0.5) is 0 Å². The van der Waals surface area contributed by atoms with Crippen molar-refractivity contribution in [3.8, 4) is 0 Å². The van der Waals surface area contributed by atoms with Gasteiger partial charge in [-0.3, -0.25) is 4.79 Å². The smallest absolute Gasteiger partial charge is 0.223 e. The number of rotatable bonds is 3. The molecule has 3 heterocycles. The van der Waals surface area contributed by atoms with Crippen molar-refractivity contribution in [3.05, 3.63) is 24.0 Å². The number of amides is 1. The van der Waals surface area contributed by atoms with Gasteiger partial charge in [0.1, 0.15) is 0 Å². The van der Waals surface area contributed by atoms with Gasteiger partial charge in [-0.05, 0) is 56.8 Å². The van der Waals surface area contributed by atoms with E-state index in [1.54, 1.807) is 0 Å². The van der Waals surface area contributed by atoms with Crippen molar-refractivity contribution in [2.75, 3.05) is 19.6 Å². The molecule has 1 aromatic heterocycles. The van der Waals surface area contributed by atoms with Crippen LogP contribution in [0.1, 0.15) is 43.8 Å². The minimum Gasteiger partial charge on any atom is -0.363 e. The molecular formula is C15H23N3O. The number of hydrogen-bond acceptors (Lipinski definition) is 2. The van der Waals surface area contributed by atoms with Crippen LogP contribution in [0.2, 0.25) is 0 Å². The Morgan fingerprint density at radius 3 is 2.89 bits per heavy atom. The Hall–Kier alpha value is -1.29. The summed E-state index contributed by atoms with van der Waals surface area (Å²) in [5.41, 5.74) is 1.19. The lowest BCUT2D eigenvalue weighted by Gasteiger charge is -2.28. The summed E-state index contributed by atoms with van der Waals surface area (Å²) in [6.07, 6.45) is 7.20. The van der Waals surface area contributed by atoms with E-state index in [2.05, 4.69) is 21.3 Å². The topological polar surface area (TPSA) is 48.1 Å². The first-order chi connectivity index (χ1) is 9.34. The number of aromatic nitrogens is 1. The van der Waals surface area contributed by atoms with E-state index in [-0.39, 0.29) is 6.04 Å². The summed E-state index contributed by atoms with van der Waals surface area (Å²) in [7, 11) is 0. The van der Waals surface area contributed by atoms with Gasteiger partial charge in [0, 0.05) is 24.9 Å². The van der Waals surface area contributed by atoms with E-state index in [4.69, 9.17) is 0 Å². The maximum Gasteiger partial charge on any atom is 0.223 e. The molecule has 0 bridgehead atoms. The van der Waals surface area contributed by atoms with Crippen LogP contribution in [0.25, 0.3) is 0 Å². The van der Waals surface area contributed by atoms with E-state index in [0.717, 1.165) is 51.7 Å². The molecule has 2 saturated heterocycles. The fourth-order valence-corrected chi connectivity index (χ4v) is 3.39. The zero-order valence-corrected chi connectivity index (χ0v) is 11.4. The molecule has 2 N–H and O–H groups in total. The summed E-state index contributed by atoms with van der Waals surface area (Å²) >= 11 is 0. The summed E-state index contributed by atoms with van der Waals surface area (Å²) in [6.45, 7) is 3.06. The minimum atomic E-state index is 0.282. The summed E-state index contributed by atoms with van der Waals surface area (Å²) in [4.78, 5) is 17.9. The third-order valence-electron chi connectivity index (χ3n) is 4.48. The molecule has 2 fully saturated rings. The molecule has 1 amide bonds. The van der Waals surface area contributed by atoms with Gasteiger partial charge in [0.05, 0.1) is 6.04 Å². The molecule has 0 radical (unpaired) electrons. The van der Waals surface area contributed by atoms with Crippen molar-refractivity contribution < 1.29 is 4.79 Å². The van der Waals surface area contributed by atoms with E-state index < -0.39 is 0 Å². The van der Waals surface area contributed by atoms with Crippen molar-refractivity contribution >= 4 is 5.91 Å². The van der Waals surface area contributed by atoms with Crippen molar-refractivity contribution in [2.45, 2.75) is 38.1 Å². The zero-order chi connectivity index (χ0) is 13.1. The quantitative estimate of drug-likeness (QED) is 0.875. The van der Waals surface area contributed by atoms with Gasteiger partial charge in [-0.25, -0.2) is 0 Å². The summed E-state index contributed by atoms with van der Waals surface area (Å²) in [6, 6.07) is 4.40. The highest BCUT2D eigenvalue weighted by Gasteiger charge is 2.31. The van der Waals surface area contributed by atoms with E-state index in [0.29, 0.717) is 11.8 Å². The number of likely N-dealkylation sites (tertiary alicyclic amines) is 1. The first-order valence-corrected chi connectivity index (χ1v) is 7.48. The predicted octanol–water partition coefficient (Wildman–Crippen LogP) is 2.07. The molecule has 0 aliphatic carbocycles. The van der Waals surface area contributed by atoms with Crippen molar-refractivity contribution in [2.24, 2.45) is 5.92 Å². The van der Waals surface area contributed by atoms with Crippen molar-refractivity contribution in [1.82, 2.24) is 15.2 Å². The molecule has 104 valence electrons. The number of aromatic amines is 1. The molecule has 1 atom stereocenters. The standard InChI is InChI=1S/C15H23N3O/c19-15(11-12-5-8-16-9-6-12)18-10-2-4-14(18)13-3-1-7-17-13/h1,3,7,12,14,16-17H,2,4-6,8-11H2. The van der Waals surface area contributed by atoms with Crippen LogP contribution in [0.3, 0.4) is 0 Å². The van der Waals surface area contributed by atoms with Gasteiger partial charge < -0.3 is 15.2 Å². The highest BCUT2D eigenvalue weighted by Crippen LogP contribution is 2.32. The molecule has 1 unspecified atom stereocenters. The molecule has 2 aliphatic rings. The number of nitrogens with one attached hydrogen (secondary N) is 2. The maximum absolute atomic E-state index is 12.5.